The van der Waals surface area contributed by atoms with Crippen LogP contribution in [0.3, 0.4) is 0 Å². The lowest BCUT2D eigenvalue weighted by molar-refractivity contribution is -0.134. The SMILES string of the molecule is CCOc1ccc(Oc2ccccc2NC(=O)CN2C(=O)NC(CC)(c3ccccc3)C2=O)cc1. The van der Waals surface area contributed by atoms with Gasteiger partial charge in [-0.3, -0.25) is 14.5 Å². The number of amides is 4. The van der Waals surface area contributed by atoms with Crippen molar-refractivity contribution in [2.24, 2.45) is 0 Å². The van der Waals surface area contributed by atoms with Crippen molar-refractivity contribution in [2.75, 3.05) is 18.5 Å². The van der Waals surface area contributed by atoms with Crippen molar-refractivity contribution in [3.8, 4) is 17.2 Å². The maximum Gasteiger partial charge on any atom is 0.325 e. The van der Waals surface area contributed by atoms with Crippen molar-refractivity contribution >= 4 is 23.5 Å². The van der Waals surface area contributed by atoms with Crippen LogP contribution in [0.1, 0.15) is 25.8 Å². The summed E-state index contributed by atoms with van der Waals surface area (Å²) in [5.74, 6) is 0.754. The molecule has 1 atom stereocenters. The van der Waals surface area contributed by atoms with E-state index in [1.54, 1.807) is 60.7 Å². The molecule has 1 aliphatic heterocycles. The zero-order chi connectivity index (χ0) is 24.8. The molecule has 180 valence electrons. The molecule has 0 saturated carbocycles. The lowest BCUT2D eigenvalue weighted by Gasteiger charge is -2.25. The Kier molecular flexibility index (Phi) is 7.01. The van der Waals surface area contributed by atoms with Crippen LogP contribution in [0.5, 0.6) is 17.2 Å². The zero-order valence-electron chi connectivity index (χ0n) is 19.6. The summed E-state index contributed by atoms with van der Waals surface area (Å²) in [5, 5.41) is 5.54. The number of benzene rings is 3. The molecule has 1 aliphatic rings. The highest BCUT2D eigenvalue weighted by atomic mass is 16.5. The van der Waals surface area contributed by atoms with Gasteiger partial charge in [0.05, 0.1) is 12.3 Å². The van der Waals surface area contributed by atoms with Gasteiger partial charge in [0.25, 0.3) is 5.91 Å². The van der Waals surface area contributed by atoms with E-state index >= 15 is 0 Å². The molecule has 1 heterocycles. The van der Waals surface area contributed by atoms with Crippen LogP contribution >= 0.6 is 0 Å². The third kappa shape index (κ3) is 4.96. The van der Waals surface area contributed by atoms with Crippen LogP contribution in [0.25, 0.3) is 0 Å². The van der Waals surface area contributed by atoms with E-state index in [0.29, 0.717) is 35.8 Å². The molecule has 3 aromatic carbocycles. The van der Waals surface area contributed by atoms with Gasteiger partial charge in [0.1, 0.15) is 23.6 Å². The molecule has 2 N–H and O–H groups in total. The number of ether oxygens (including phenoxy) is 2. The van der Waals surface area contributed by atoms with Crippen molar-refractivity contribution < 1.29 is 23.9 Å². The highest BCUT2D eigenvalue weighted by Gasteiger charge is 2.51. The van der Waals surface area contributed by atoms with Gasteiger partial charge in [0.2, 0.25) is 5.91 Å². The van der Waals surface area contributed by atoms with Crippen LogP contribution in [0, 0.1) is 0 Å². The summed E-state index contributed by atoms with van der Waals surface area (Å²) >= 11 is 0. The first-order chi connectivity index (χ1) is 17.0. The summed E-state index contributed by atoms with van der Waals surface area (Å²) in [6.45, 7) is 3.88. The Morgan fingerprint density at radius 2 is 1.57 bits per heavy atom. The summed E-state index contributed by atoms with van der Waals surface area (Å²) in [6, 6.07) is 22.5. The Morgan fingerprint density at radius 1 is 0.914 bits per heavy atom. The molecule has 0 aliphatic carbocycles. The monoisotopic (exact) mass is 473 g/mol. The van der Waals surface area contributed by atoms with Gasteiger partial charge < -0.3 is 20.1 Å². The van der Waals surface area contributed by atoms with Gasteiger partial charge in [-0.15, -0.1) is 0 Å². The lowest BCUT2D eigenvalue weighted by Crippen LogP contribution is -2.44. The van der Waals surface area contributed by atoms with Gasteiger partial charge in [-0.25, -0.2) is 4.79 Å². The second kappa shape index (κ2) is 10.3. The van der Waals surface area contributed by atoms with Gasteiger partial charge in [0, 0.05) is 0 Å². The van der Waals surface area contributed by atoms with E-state index in [1.807, 2.05) is 32.0 Å². The first-order valence-corrected chi connectivity index (χ1v) is 11.5. The maximum atomic E-state index is 13.3. The average Bonchev–Trinajstić information content (AvgIpc) is 3.12. The number of nitrogens with one attached hydrogen (secondary N) is 2. The number of carbonyl (C=O) groups is 3. The molecule has 8 nitrogen and oxygen atoms in total. The Balaban J connectivity index is 1.46. The molecule has 4 amide bonds. The molecule has 1 unspecified atom stereocenters. The fraction of sp³-hybridized carbons (Fsp3) is 0.222. The van der Waals surface area contributed by atoms with Crippen LogP contribution in [0.2, 0.25) is 0 Å². The molecule has 8 heteroatoms. The quantitative estimate of drug-likeness (QED) is 0.440. The van der Waals surface area contributed by atoms with Crippen LogP contribution in [0.15, 0.2) is 78.9 Å². The molecular weight excluding hydrogens is 446 g/mol. The summed E-state index contributed by atoms with van der Waals surface area (Å²) in [6.07, 6.45) is 0.360. The smallest absolute Gasteiger partial charge is 0.325 e. The Hall–Kier alpha value is -4.33. The third-order valence-electron chi connectivity index (χ3n) is 5.80. The zero-order valence-corrected chi connectivity index (χ0v) is 19.6. The number of hydrogen-bond acceptors (Lipinski definition) is 5. The van der Waals surface area contributed by atoms with Crippen molar-refractivity contribution in [1.82, 2.24) is 10.2 Å². The largest absolute Gasteiger partial charge is 0.494 e. The predicted molar refractivity (Wildman–Crippen MR) is 131 cm³/mol. The number of urea groups is 1. The number of carbonyl (C=O) groups excluding carboxylic acids is 3. The average molecular weight is 474 g/mol. The van der Waals surface area contributed by atoms with Gasteiger partial charge in [0.15, 0.2) is 5.75 Å². The minimum Gasteiger partial charge on any atom is -0.494 e. The van der Waals surface area contributed by atoms with Crippen molar-refractivity contribution in [3.05, 3.63) is 84.4 Å². The summed E-state index contributed by atoms with van der Waals surface area (Å²) < 4.78 is 11.4. The summed E-state index contributed by atoms with van der Waals surface area (Å²) in [5.41, 5.74) is -0.0890. The normalized spacial score (nSPS) is 17.1. The fourth-order valence-corrected chi connectivity index (χ4v) is 4.02. The summed E-state index contributed by atoms with van der Waals surface area (Å²) in [4.78, 5) is 39.8. The van der Waals surface area contributed by atoms with E-state index < -0.39 is 29.9 Å². The molecule has 1 saturated heterocycles. The van der Waals surface area contributed by atoms with Gasteiger partial charge in [-0.1, -0.05) is 49.4 Å². The van der Waals surface area contributed by atoms with Gasteiger partial charge >= 0.3 is 6.03 Å². The van der Waals surface area contributed by atoms with Crippen molar-refractivity contribution in [3.63, 3.8) is 0 Å². The van der Waals surface area contributed by atoms with E-state index in [0.717, 1.165) is 10.6 Å². The minimum atomic E-state index is -1.19. The van der Waals surface area contributed by atoms with Gasteiger partial charge in [-0.2, -0.15) is 0 Å². The van der Waals surface area contributed by atoms with Crippen molar-refractivity contribution in [1.29, 1.82) is 0 Å². The predicted octanol–water partition coefficient (Wildman–Crippen LogP) is 4.67. The molecule has 3 aromatic rings. The second-order valence-corrected chi connectivity index (χ2v) is 8.00. The second-order valence-electron chi connectivity index (χ2n) is 8.00. The fourth-order valence-electron chi connectivity index (χ4n) is 4.02. The Morgan fingerprint density at radius 3 is 2.26 bits per heavy atom. The molecule has 0 bridgehead atoms. The number of hydrogen-bond donors (Lipinski definition) is 2. The minimum absolute atomic E-state index is 0.360. The first-order valence-electron chi connectivity index (χ1n) is 11.5. The van der Waals surface area contributed by atoms with E-state index in [4.69, 9.17) is 9.47 Å². The molecular formula is C27H27N3O5. The summed E-state index contributed by atoms with van der Waals surface area (Å²) in [7, 11) is 0. The number of imide groups is 1. The Bertz CT molecular complexity index is 1210. The molecule has 35 heavy (non-hydrogen) atoms. The van der Waals surface area contributed by atoms with Crippen LogP contribution in [-0.2, 0) is 15.1 Å². The number of anilines is 1. The lowest BCUT2D eigenvalue weighted by atomic mass is 9.87. The molecule has 0 aromatic heterocycles. The van der Waals surface area contributed by atoms with Crippen molar-refractivity contribution in [2.45, 2.75) is 25.8 Å². The molecule has 1 fully saturated rings. The number of rotatable bonds is 9. The number of para-hydroxylation sites is 2. The number of nitrogens with zero attached hydrogens (tertiary/aromatic N) is 1. The van der Waals surface area contributed by atoms with Crippen LogP contribution in [-0.4, -0.2) is 35.9 Å². The van der Waals surface area contributed by atoms with E-state index in [-0.39, 0.29) is 0 Å². The van der Waals surface area contributed by atoms with Crippen LogP contribution < -0.4 is 20.1 Å². The molecule has 0 spiro atoms. The highest BCUT2D eigenvalue weighted by molar-refractivity contribution is 6.10. The first kappa shape index (κ1) is 23.8. The standard InChI is InChI=1S/C27H27N3O5/c1-3-27(19-10-6-5-7-11-19)25(32)30(26(33)29-27)18-24(31)28-22-12-8-9-13-23(22)35-21-16-14-20(15-17-21)34-4-2/h5-17H,3-4,18H2,1-2H3,(H,28,31)(H,29,33). The van der Waals surface area contributed by atoms with E-state index in [2.05, 4.69) is 10.6 Å². The highest BCUT2D eigenvalue weighted by Crippen LogP contribution is 2.33. The van der Waals surface area contributed by atoms with Gasteiger partial charge in [-0.05, 0) is 55.3 Å². The molecule has 4 rings (SSSR count). The third-order valence-corrected chi connectivity index (χ3v) is 5.80. The topological polar surface area (TPSA) is 97.0 Å². The van der Waals surface area contributed by atoms with E-state index in [1.165, 1.54) is 0 Å². The van der Waals surface area contributed by atoms with Crippen LogP contribution in [0.4, 0.5) is 10.5 Å². The Labute approximate surface area is 203 Å². The van der Waals surface area contributed by atoms with E-state index in [9.17, 15) is 14.4 Å². The maximum absolute atomic E-state index is 13.3. The molecule has 0 radical (unpaired) electrons.